The van der Waals surface area contributed by atoms with Crippen LogP contribution in [0.25, 0.3) is 0 Å². The number of benzene rings is 1. The van der Waals surface area contributed by atoms with Gasteiger partial charge in [-0.05, 0) is 30.2 Å². The molecule has 1 rings (SSSR count). The molecule has 17 heavy (non-hydrogen) atoms. The van der Waals surface area contributed by atoms with Crippen LogP contribution < -0.4 is 5.73 Å². The Balaban J connectivity index is 2.53. The molecule has 3 heteroatoms. The summed E-state index contributed by atoms with van der Waals surface area (Å²) in [5.74, 6) is 0. The van der Waals surface area contributed by atoms with E-state index >= 15 is 0 Å². The summed E-state index contributed by atoms with van der Waals surface area (Å²) < 4.78 is 1.13. The molecule has 0 saturated heterocycles. The van der Waals surface area contributed by atoms with Crippen molar-refractivity contribution in [1.82, 2.24) is 4.90 Å². The lowest BCUT2D eigenvalue weighted by molar-refractivity contribution is 0.222. The average molecular weight is 299 g/mol. The molecule has 0 aromatic heterocycles. The molecule has 1 atom stereocenters. The minimum absolute atomic E-state index is 0.158. The first-order chi connectivity index (χ1) is 7.79. The lowest BCUT2D eigenvalue weighted by atomic mass is 9.87. The van der Waals surface area contributed by atoms with Gasteiger partial charge in [-0.3, -0.25) is 0 Å². The van der Waals surface area contributed by atoms with Gasteiger partial charge in [0, 0.05) is 23.6 Å². The Morgan fingerprint density at radius 2 is 2.00 bits per heavy atom. The third kappa shape index (κ3) is 5.19. The van der Waals surface area contributed by atoms with Crippen LogP contribution in [-0.2, 0) is 6.54 Å². The van der Waals surface area contributed by atoms with Crippen molar-refractivity contribution in [2.75, 3.05) is 13.6 Å². The van der Waals surface area contributed by atoms with Crippen LogP contribution in [0.2, 0.25) is 0 Å². The largest absolute Gasteiger partial charge is 0.326 e. The first-order valence-corrected chi connectivity index (χ1v) is 6.77. The van der Waals surface area contributed by atoms with Crippen molar-refractivity contribution in [2.45, 2.75) is 33.4 Å². The molecule has 0 heterocycles. The normalized spacial score (nSPS) is 14.1. The van der Waals surface area contributed by atoms with E-state index in [9.17, 15) is 0 Å². The minimum Gasteiger partial charge on any atom is -0.326 e. The smallest absolute Gasteiger partial charge is 0.0231 e. The molecule has 0 unspecified atom stereocenters. The van der Waals surface area contributed by atoms with Gasteiger partial charge in [0.25, 0.3) is 0 Å². The molecule has 2 nitrogen and oxygen atoms in total. The highest BCUT2D eigenvalue weighted by Gasteiger charge is 2.21. The van der Waals surface area contributed by atoms with Gasteiger partial charge < -0.3 is 10.6 Å². The van der Waals surface area contributed by atoms with Crippen LogP contribution >= 0.6 is 15.9 Å². The third-order valence-electron chi connectivity index (χ3n) is 2.96. The molecule has 0 aliphatic carbocycles. The molecule has 0 aliphatic rings. The molecule has 1 aromatic carbocycles. The summed E-state index contributed by atoms with van der Waals surface area (Å²) in [6.45, 7) is 8.40. The maximum Gasteiger partial charge on any atom is 0.0231 e. The van der Waals surface area contributed by atoms with Crippen molar-refractivity contribution in [3.05, 3.63) is 34.3 Å². The van der Waals surface area contributed by atoms with Crippen molar-refractivity contribution in [1.29, 1.82) is 0 Å². The van der Waals surface area contributed by atoms with Crippen molar-refractivity contribution in [3.8, 4) is 0 Å². The Hall–Kier alpha value is -0.380. The van der Waals surface area contributed by atoms with Gasteiger partial charge in [-0.2, -0.15) is 0 Å². The fourth-order valence-electron chi connectivity index (χ4n) is 1.62. The highest BCUT2D eigenvalue weighted by Crippen LogP contribution is 2.19. The number of halogens is 1. The fraction of sp³-hybridized carbons (Fsp3) is 0.571. The maximum absolute atomic E-state index is 6.18. The molecule has 0 bridgehead atoms. The van der Waals surface area contributed by atoms with Gasteiger partial charge in [0.15, 0.2) is 0 Å². The number of rotatable bonds is 4. The summed E-state index contributed by atoms with van der Waals surface area (Å²) in [4.78, 5) is 2.28. The van der Waals surface area contributed by atoms with E-state index in [1.54, 1.807) is 0 Å². The summed E-state index contributed by atoms with van der Waals surface area (Å²) >= 11 is 3.49. The van der Waals surface area contributed by atoms with Gasteiger partial charge in [0.1, 0.15) is 0 Å². The van der Waals surface area contributed by atoms with E-state index in [0.717, 1.165) is 17.6 Å². The molecule has 0 radical (unpaired) electrons. The van der Waals surface area contributed by atoms with Gasteiger partial charge in [0.05, 0.1) is 0 Å². The van der Waals surface area contributed by atoms with Crippen molar-refractivity contribution < 1.29 is 0 Å². The van der Waals surface area contributed by atoms with E-state index in [1.807, 2.05) is 6.07 Å². The van der Waals surface area contributed by atoms with Crippen LogP contribution in [0.15, 0.2) is 28.7 Å². The highest BCUT2D eigenvalue weighted by atomic mass is 79.9. The summed E-state index contributed by atoms with van der Waals surface area (Å²) in [7, 11) is 2.12. The van der Waals surface area contributed by atoms with Crippen LogP contribution in [-0.4, -0.2) is 24.5 Å². The third-order valence-corrected chi connectivity index (χ3v) is 3.46. The first-order valence-electron chi connectivity index (χ1n) is 5.97. The zero-order valence-corrected chi connectivity index (χ0v) is 12.8. The van der Waals surface area contributed by atoms with Crippen molar-refractivity contribution in [3.63, 3.8) is 0 Å². The quantitative estimate of drug-likeness (QED) is 0.924. The van der Waals surface area contributed by atoms with Crippen LogP contribution in [0.4, 0.5) is 0 Å². The number of hydrogen-bond acceptors (Lipinski definition) is 2. The predicted molar refractivity (Wildman–Crippen MR) is 77.9 cm³/mol. The zero-order valence-electron chi connectivity index (χ0n) is 11.2. The standard InChI is InChI=1S/C14H23BrN2/c1-14(2,3)13(16)10-17(4)9-11-6-5-7-12(15)8-11/h5-8,13H,9-10,16H2,1-4H3/t13-/m0/s1. The Morgan fingerprint density at radius 1 is 1.35 bits per heavy atom. The Kier molecular flexibility index (Phi) is 5.17. The number of nitrogens with zero attached hydrogens (tertiary/aromatic N) is 1. The predicted octanol–water partition coefficient (Wildman–Crippen LogP) is 3.25. The average Bonchev–Trinajstić information content (AvgIpc) is 2.15. The van der Waals surface area contributed by atoms with E-state index in [-0.39, 0.29) is 11.5 Å². The van der Waals surface area contributed by atoms with E-state index in [0.29, 0.717) is 0 Å². The Morgan fingerprint density at radius 3 is 2.53 bits per heavy atom. The van der Waals surface area contributed by atoms with E-state index in [2.05, 4.69) is 66.8 Å². The summed E-state index contributed by atoms with van der Waals surface area (Å²) in [5, 5.41) is 0. The number of nitrogens with two attached hydrogens (primary N) is 1. The molecule has 0 fully saturated rings. The SMILES string of the molecule is CN(Cc1cccc(Br)c1)C[C@H](N)C(C)(C)C. The van der Waals surface area contributed by atoms with Crippen LogP contribution in [0.3, 0.4) is 0 Å². The molecule has 96 valence electrons. The molecule has 0 amide bonds. The van der Waals surface area contributed by atoms with E-state index < -0.39 is 0 Å². The van der Waals surface area contributed by atoms with Crippen LogP contribution in [0.1, 0.15) is 26.3 Å². The second kappa shape index (κ2) is 5.98. The number of likely N-dealkylation sites (N-methyl/N-ethyl adjacent to an activating group) is 1. The lowest BCUT2D eigenvalue weighted by Gasteiger charge is -2.31. The zero-order chi connectivity index (χ0) is 13.1. The second-order valence-electron chi connectivity index (χ2n) is 5.80. The first kappa shape index (κ1) is 14.7. The molecule has 0 spiro atoms. The van der Waals surface area contributed by atoms with E-state index in [1.165, 1.54) is 5.56 Å². The molecule has 0 saturated carbocycles. The maximum atomic E-state index is 6.18. The van der Waals surface area contributed by atoms with Gasteiger partial charge in [-0.15, -0.1) is 0 Å². The van der Waals surface area contributed by atoms with Crippen molar-refractivity contribution >= 4 is 15.9 Å². The van der Waals surface area contributed by atoms with Gasteiger partial charge in [0.2, 0.25) is 0 Å². The van der Waals surface area contributed by atoms with Crippen LogP contribution in [0.5, 0.6) is 0 Å². The molecule has 0 aliphatic heterocycles. The molecule has 2 N–H and O–H groups in total. The van der Waals surface area contributed by atoms with E-state index in [4.69, 9.17) is 5.73 Å². The van der Waals surface area contributed by atoms with Gasteiger partial charge >= 0.3 is 0 Å². The Labute approximate surface area is 113 Å². The molecular formula is C14H23BrN2. The monoisotopic (exact) mass is 298 g/mol. The van der Waals surface area contributed by atoms with Gasteiger partial charge in [-0.1, -0.05) is 48.8 Å². The summed E-state index contributed by atoms with van der Waals surface area (Å²) in [6, 6.07) is 8.60. The number of hydrogen-bond donors (Lipinski definition) is 1. The van der Waals surface area contributed by atoms with Gasteiger partial charge in [-0.25, -0.2) is 0 Å². The summed E-state index contributed by atoms with van der Waals surface area (Å²) in [6.07, 6.45) is 0. The second-order valence-corrected chi connectivity index (χ2v) is 6.71. The lowest BCUT2D eigenvalue weighted by Crippen LogP contribution is -2.43. The summed E-state index contributed by atoms with van der Waals surface area (Å²) in [5.41, 5.74) is 7.65. The van der Waals surface area contributed by atoms with Crippen molar-refractivity contribution in [2.24, 2.45) is 11.1 Å². The molecular weight excluding hydrogens is 276 g/mol. The fourth-order valence-corrected chi connectivity index (χ4v) is 2.07. The van der Waals surface area contributed by atoms with Crippen LogP contribution in [0, 0.1) is 5.41 Å². The minimum atomic E-state index is 0.158. The molecule has 1 aromatic rings. The highest BCUT2D eigenvalue weighted by molar-refractivity contribution is 9.10. The Bertz CT molecular complexity index is 357. The topological polar surface area (TPSA) is 29.3 Å².